The molecule has 0 aromatic rings. The standard InChI is InChI=1S/C15H26N2O3/c1-14(2,3)20-13(19)17-11-7-5-9-15(17)8-4-6-10-16-12(15)18/h4-11H2,1-3H3,(H,16,18). The van der Waals surface area contributed by atoms with Crippen LogP contribution in [0.5, 0.6) is 0 Å². The van der Waals surface area contributed by atoms with Gasteiger partial charge in [0.05, 0.1) is 0 Å². The zero-order valence-electron chi connectivity index (χ0n) is 12.8. The molecule has 0 saturated carbocycles. The number of likely N-dealkylation sites (tertiary alicyclic amines) is 1. The van der Waals surface area contributed by atoms with Gasteiger partial charge in [-0.25, -0.2) is 4.79 Å². The Morgan fingerprint density at radius 1 is 1.20 bits per heavy atom. The number of nitrogens with one attached hydrogen (secondary N) is 1. The second-order valence-corrected chi connectivity index (χ2v) is 6.83. The van der Waals surface area contributed by atoms with E-state index in [0.29, 0.717) is 13.1 Å². The van der Waals surface area contributed by atoms with Crippen molar-refractivity contribution in [3.8, 4) is 0 Å². The predicted octanol–water partition coefficient (Wildman–Crippen LogP) is 2.45. The largest absolute Gasteiger partial charge is 0.444 e. The van der Waals surface area contributed by atoms with E-state index in [-0.39, 0.29) is 12.0 Å². The molecule has 0 aliphatic carbocycles. The Morgan fingerprint density at radius 3 is 2.50 bits per heavy atom. The van der Waals surface area contributed by atoms with E-state index in [9.17, 15) is 9.59 Å². The van der Waals surface area contributed by atoms with Crippen LogP contribution in [0.4, 0.5) is 4.79 Å². The van der Waals surface area contributed by atoms with Gasteiger partial charge in [0.25, 0.3) is 0 Å². The Labute approximate surface area is 121 Å². The van der Waals surface area contributed by atoms with E-state index < -0.39 is 11.1 Å². The van der Waals surface area contributed by atoms with Crippen molar-refractivity contribution in [3.05, 3.63) is 0 Å². The van der Waals surface area contributed by atoms with Crippen molar-refractivity contribution < 1.29 is 14.3 Å². The highest BCUT2D eigenvalue weighted by molar-refractivity contribution is 5.90. The molecule has 2 aliphatic rings. The molecule has 1 spiro atoms. The fraction of sp³-hybridized carbons (Fsp3) is 0.867. The summed E-state index contributed by atoms with van der Waals surface area (Å²) >= 11 is 0. The second-order valence-electron chi connectivity index (χ2n) is 6.83. The van der Waals surface area contributed by atoms with E-state index in [4.69, 9.17) is 4.74 Å². The summed E-state index contributed by atoms with van der Waals surface area (Å²) in [6.45, 7) is 6.89. The quantitative estimate of drug-likeness (QED) is 0.742. The molecule has 2 saturated heterocycles. The summed E-state index contributed by atoms with van der Waals surface area (Å²) in [5.41, 5.74) is -1.21. The van der Waals surface area contributed by atoms with Crippen LogP contribution in [0.25, 0.3) is 0 Å². The lowest BCUT2D eigenvalue weighted by atomic mass is 9.82. The number of carbonyl (C=O) groups excluding carboxylic acids is 2. The lowest BCUT2D eigenvalue weighted by Gasteiger charge is -2.45. The molecule has 0 aromatic carbocycles. The van der Waals surface area contributed by atoms with Gasteiger partial charge in [-0.3, -0.25) is 9.69 Å². The van der Waals surface area contributed by atoms with Crippen LogP contribution in [0, 0.1) is 0 Å². The van der Waals surface area contributed by atoms with E-state index in [1.54, 1.807) is 4.90 Å². The number of carbonyl (C=O) groups is 2. The molecule has 1 unspecified atom stereocenters. The van der Waals surface area contributed by atoms with Crippen LogP contribution in [0.1, 0.15) is 59.3 Å². The van der Waals surface area contributed by atoms with Crippen molar-refractivity contribution in [2.75, 3.05) is 13.1 Å². The van der Waals surface area contributed by atoms with E-state index in [1.807, 2.05) is 20.8 Å². The summed E-state index contributed by atoms with van der Waals surface area (Å²) in [5.74, 6) is 0.000518. The molecule has 2 aliphatic heterocycles. The normalized spacial score (nSPS) is 27.9. The van der Waals surface area contributed by atoms with Gasteiger partial charge < -0.3 is 10.1 Å². The smallest absolute Gasteiger partial charge is 0.411 e. The SMILES string of the molecule is CC(C)(C)OC(=O)N1CCCCC12CCCCNC2=O. The van der Waals surface area contributed by atoms with Crippen LogP contribution in [0.15, 0.2) is 0 Å². The van der Waals surface area contributed by atoms with Gasteiger partial charge in [-0.05, 0) is 59.3 Å². The maximum atomic E-state index is 12.5. The number of amides is 2. The third kappa shape index (κ3) is 3.07. The van der Waals surface area contributed by atoms with E-state index in [2.05, 4.69) is 5.32 Å². The third-order valence-electron chi connectivity index (χ3n) is 4.08. The van der Waals surface area contributed by atoms with Gasteiger partial charge in [0.1, 0.15) is 11.1 Å². The van der Waals surface area contributed by atoms with Gasteiger partial charge in [0, 0.05) is 13.1 Å². The first-order chi connectivity index (χ1) is 9.35. The molecule has 20 heavy (non-hydrogen) atoms. The maximum absolute atomic E-state index is 12.5. The fourth-order valence-electron chi connectivity index (χ4n) is 3.14. The highest BCUT2D eigenvalue weighted by atomic mass is 16.6. The minimum atomic E-state index is -0.683. The number of hydrogen-bond acceptors (Lipinski definition) is 3. The van der Waals surface area contributed by atoms with Crippen LogP contribution in [-0.2, 0) is 9.53 Å². The average Bonchev–Trinajstić information content (AvgIpc) is 2.52. The maximum Gasteiger partial charge on any atom is 0.411 e. The molecule has 1 N–H and O–H groups in total. The molecule has 2 heterocycles. The minimum absolute atomic E-state index is 0.000518. The molecule has 0 aromatic heterocycles. The summed E-state index contributed by atoms with van der Waals surface area (Å²) < 4.78 is 5.50. The molecule has 0 bridgehead atoms. The Kier molecular flexibility index (Phi) is 4.25. The lowest BCUT2D eigenvalue weighted by Crippen LogP contribution is -2.62. The van der Waals surface area contributed by atoms with E-state index >= 15 is 0 Å². The van der Waals surface area contributed by atoms with Gasteiger partial charge in [-0.2, -0.15) is 0 Å². The molecule has 5 heteroatoms. The molecule has 5 nitrogen and oxygen atoms in total. The van der Waals surface area contributed by atoms with Crippen LogP contribution < -0.4 is 5.32 Å². The van der Waals surface area contributed by atoms with Crippen molar-refractivity contribution in [2.45, 2.75) is 70.4 Å². The molecule has 2 rings (SSSR count). The Bertz CT molecular complexity index is 389. The van der Waals surface area contributed by atoms with Crippen molar-refractivity contribution in [1.82, 2.24) is 10.2 Å². The van der Waals surface area contributed by atoms with Crippen molar-refractivity contribution in [3.63, 3.8) is 0 Å². The van der Waals surface area contributed by atoms with Gasteiger partial charge in [-0.1, -0.05) is 0 Å². The number of nitrogens with zero attached hydrogens (tertiary/aromatic N) is 1. The van der Waals surface area contributed by atoms with Gasteiger partial charge >= 0.3 is 6.09 Å². The van der Waals surface area contributed by atoms with Crippen LogP contribution in [-0.4, -0.2) is 41.1 Å². The van der Waals surface area contributed by atoms with Crippen molar-refractivity contribution >= 4 is 12.0 Å². The summed E-state index contributed by atoms with van der Waals surface area (Å²) in [6, 6.07) is 0. The molecular formula is C15H26N2O3. The molecule has 2 amide bonds. The van der Waals surface area contributed by atoms with Crippen LogP contribution >= 0.6 is 0 Å². The van der Waals surface area contributed by atoms with E-state index in [0.717, 1.165) is 38.5 Å². The summed E-state index contributed by atoms with van der Waals surface area (Å²) in [7, 11) is 0. The topological polar surface area (TPSA) is 58.6 Å². The van der Waals surface area contributed by atoms with Gasteiger partial charge in [0.2, 0.25) is 5.91 Å². The highest BCUT2D eigenvalue weighted by Crippen LogP contribution is 2.35. The first kappa shape index (κ1) is 15.1. The Morgan fingerprint density at radius 2 is 1.85 bits per heavy atom. The zero-order valence-corrected chi connectivity index (χ0v) is 12.8. The second kappa shape index (κ2) is 5.62. The Balaban J connectivity index is 2.23. The average molecular weight is 282 g/mol. The molecule has 114 valence electrons. The van der Waals surface area contributed by atoms with Crippen molar-refractivity contribution in [2.24, 2.45) is 0 Å². The monoisotopic (exact) mass is 282 g/mol. The number of hydrogen-bond donors (Lipinski definition) is 1. The lowest BCUT2D eigenvalue weighted by molar-refractivity contribution is -0.135. The molecule has 1 atom stereocenters. The van der Waals surface area contributed by atoms with Gasteiger partial charge in [-0.15, -0.1) is 0 Å². The zero-order chi connectivity index (χ0) is 14.8. The predicted molar refractivity (Wildman–Crippen MR) is 76.4 cm³/mol. The summed E-state index contributed by atoms with van der Waals surface area (Å²) in [5, 5.41) is 2.96. The third-order valence-corrected chi connectivity index (χ3v) is 4.08. The number of rotatable bonds is 0. The fourth-order valence-corrected chi connectivity index (χ4v) is 3.14. The van der Waals surface area contributed by atoms with Gasteiger partial charge in [0.15, 0.2) is 0 Å². The Hall–Kier alpha value is -1.26. The highest BCUT2D eigenvalue weighted by Gasteiger charge is 2.49. The molecular weight excluding hydrogens is 256 g/mol. The summed E-state index contributed by atoms with van der Waals surface area (Å²) in [4.78, 5) is 26.7. The minimum Gasteiger partial charge on any atom is -0.444 e. The summed E-state index contributed by atoms with van der Waals surface area (Å²) in [6.07, 6.45) is 5.03. The molecule has 2 fully saturated rings. The first-order valence-corrected chi connectivity index (χ1v) is 7.64. The van der Waals surface area contributed by atoms with E-state index in [1.165, 1.54) is 0 Å². The van der Waals surface area contributed by atoms with Crippen molar-refractivity contribution in [1.29, 1.82) is 0 Å². The number of piperidine rings is 1. The molecule has 0 radical (unpaired) electrons. The van der Waals surface area contributed by atoms with Crippen LogP contribution in [0.3, 0.4) is 0 Å². The van der Waals surface area contributed by atoms with Crippen LogP contribution in [0.2, 0.25) is 0 Å². The number of ether oxygens (including phenoxy) is 1. The first-order valence-electron chi connectivity index (χ1n) is 7.64.